The molecule has 0 aromatic carbocycles. The van der Waals surface area contributed by atoms with Crippen molar-refractivity contribution in [1.82, 2.24) is 5.32 Å². The van der Waals surface area contributed by atoms with Gasteiger partial charge in [0.15, 0.2) is 0 Å². The van der Waals surface area contributed by atoms with E-state index >= 15 is 0 Å². The van der Waals surface area contributed by atoms with Crippen molar-refractivity contribution in [2.24, 2.45) is 5.92 Å². The van der Waals surface area contributed by atoms with Crippen molar-refractivity contribution in [2.75, 3.05) is 40.6 Å². The van der Waals surface area contributed by atoms with Gasteiger partial charge in [-0.25, -0.2) is 0 Å². The van der Waals surface area contributed by atoms with Crippen LogP contribution < -0.4 is 5.32 Å². The number of likely N-dealkylation sites (N-methyl/N-ethyl adjacent to an activating group) is 1. The highest BCUT2D eigenvalue weighted by molar-refractivity contribution is 4.97. The van der Waals surface area contributed by atoms with Gasteiger partial charge in [0.1, 0.15) is 0 Å². The highest BCUT2D eigenvalue weighted by atomic mass is 16.5. The molecule has 1 N–H and O–H groups in total. The van der Waals surface area contributed by atoms with E-state index in [4.69, 9.17) is 14.2 Å². The molecule has 1 aliphatic heterocycles. The smallest absolute Gasteiger partial charge is 0.0880 e. The highest BCUT2D eigenvalue weighted by Crippen LogP contribution is 2.33. The van der Waals surface area contributed by atoms with E-state index in [1.54, 1.807) is 7.11 Å². The molecule has 1 heterocycles. The Balaban J connectivity index is 2.72. The second kappa shape index (κ2) is 8.10. The third-order valence-corrected chi connectivity index (χ3v) is 4.00. The maximum Gasteiger partial charge on any atom is 0.0880 e. The summed E-state index contributed by atoms with van der Waals surface area (Å²) < 4.78 is 16.8. The Kier molecular flexibility index (Phi) is 7.15. The first-order valence-corrected chi connectivity index (χ1v) is 7.08. The molecule has 0 aromatic heterocycles. The molecular formula is C14H29NO3. The number of hydrogen-bond acceptors (Lipinski definition) is 4. The molecule has 0 aliphatic carbocycles. The molecule has 1 aliphatic rings. The van der Waals surface area contributed by atoms with Gasteiger partial charge in [-0.2, -0.15) is 0 Å². The second-order valence-corrected chi connectivity index (χ2v) is 5.14. The first-order valence-electron chi connectivity index (χ1n) is 7.08. The standard InChI is InChI=1S/C14H29NO3/c1-5-18-14(7-10-17-11-8-14)13(15-3)12(2)6-9-16-4/h12-13,15H,5-11H2,1-4H3. The lowest BCUT2D eigenvalue weighted by molar-refractivity contribution is -0.135. The van der Waals surface area contributed by atoms with Crippen LogP contribution in [0.2, 0.25) is 0 Å². The van der Waals surface area contributed by atoms with Crippen molar-refractivity contribution in [3.05, 3.63) is 0 Å². The van der Waals surface area contributed by atoms with E-state index in [1.807, 2.05) is 7.05 Å². The fourth-order valence-corrected chi connectivity index (χ4v) is 3.09. The van der Waals surface area contributed by atoms with Gasteiger partial charge in [0.2, 0.25) is 0 Å². The zero-order valence-corrected chi connectivity index (χ0v) is 12.3. The van der Waals surface area contributed by atoms with Crippen LogP contribution in [0, 0.1) is 5.92 Å². The molecule has 2 unspecified atom stereocenters. The van der Waals surface area contributed by atoms with Crippen LogP contribution in [-0.4, -0.2) is 52.2 Å². The van der Waals surface area contributed by atoms with Crippen molar-refractivity contribution in [3.8, 4) is 0 Å². The van der Waals surface area contributed by atoms with Crippen LogP contribution in [0.25, 0.3) is 0 Å². The third-order valence-electron chi connectivity index (χ3n) is 4.00. The lowest BCUT2D eigenvalue weighted by Gasteiger charge is -2.45. The molecular weight excluding hydrogens is 230 g/mol. The van der Waals surface area contributed by atoms with Crippen molar-refractivity contribution < 1.29 is 14.2 Å². The van der Waals surface area contributed by atoms with Crippen LogP contribution in [0.4, 0.5) is 0 Å². The predicted molar refractivity (Wildman–Crippen MR) is 72.9 cm³/mol. The van der Waals surface area contributed by atoms with Crippen molar-refractivity contribution in [3.63, 3.8) is 0 Å². The summed E-state index contributed by atoms with van der Waals surface area (Å²) in [6, 6.07) is 0.358. The molecule has 108 valence electrons. The lowest BCUT2D eigenvalue weighted by Crippen LogP contribution is -2.57. The van der Waals surface area contributed by atoms with Crippen LogP contribution >= 0.6 is 0 Å². The summed E-state index contributed by atoms with van der Waals surface area (Å²) in [6.07, 6.45) is 3.00. The summed E-state index contributed by atoms with van der Waals surface area (Å²) in [4.78, 5) is 0. The van der Waals surface area contributed by atoms with Crippen molar-refractivity contribution >= 4 is 0 Å². The van der Waals surface area contributed by atoms with E-state index in [-0.39, 0.29) is 5.60 Å². The summed E-state index contributed by atoms with van der Waals surface area (Å²) in [6.45, 7) is 7.51. The summed E-state index contributed by atoms with van der Waals surface area (Å²) in [5, 5.41) is 3.47. The van der Waals surface area contributed by atoms with Crippen LogP contribution in [0.3, 0.4) is 0 Å². The third kappa shape index (κ3) is 3.92. The van der Waals surface area contributed by atoms with Crippen LogP contribution in [0.15, 0.2) is 0 Å². The molecule has 1 saturated heterocycles. The Morgan fingerprint density at radius 3 is 2.50 bits per heavy atom. The summed E-state index contributed by atoms with van der Waals surface area (Å²) in [5.74, 6) is 0.527. The Morgan fingerprint density at radius 2 is 2.00 bits per heavy atom. The maximum absolute atomic E-state index is 6.14. The number of ether oxygens (including phenoxy) is 3. The Morgan fingerprint density at radius 1 is 1.33 bits per heavy atom. The van der Waals surface area contributed by atoms with Gasteiger partial charge in [0, 0.05) is 52.4 Å². The fourth-order valence-electron chi connectivity index (χ4n) is 3.09. The maximum atomic E-state index is 6.14. The molecule has 1 rings (SSSR count). The minimum atomic E-state index is -0.0745. The van der Waals surface area contributed by atoms with Crippen molar-refractivity contribution in [2.45, 2.75) is 44.8 Å². The molecule has 0 saturated carbocycles. The first kappa shape index (κ1) is 15.9. The molecule has 4 heteroatoms. The van der Waals surface area contributed by atoms with E-state index in [1.165, 1.54) is 0 Å². The van der Waals surface area contributed by atoms with Gasteiger partial charge in [0.25, 0.3) is 0 Å². The van der Waals surface area contributed by atoms with Gasteiger partial charge >= 0.3 is 0 Å². The van der Waals surface area contributed by atoms with Gasteiger partial charge in [0.05, 0.1) is 5.60 Å². The Hall–Kier alpha value is -0.160. The number of hydrogen-bond donors (Lipinski definition) is 1. The highest BCUT2D eigenvalue weighted by Gasteiger charge is 2.42. The normalized spacial score (nSPS) is 22.7. The quantitative estimate of drug-likeness (QED) is 0.722. The van der Waals surface area contributed by atoms with Gasteiger partial charge in [-0.15, -0.1) is 0 Å². The molecule has 0 radical (unpaired) electrons. The van der Waals surface area contributed by atoms with Crippen molar-refractivity contribution in [1.29, 1.82) is 0 Å². The van der Waals surface area contributed by atoms with Crippen LogP contribution in [-0.2, 0) is 14.2 Å². The zero-order chi connectivity index (χ0) is 13.4. The Labute approximate surface area is 111 Å². The molecule has 18 heavy (non-hydrogen) atoms. The van der Waals surface area contributed by atoms with E-state index < -0.39 is 0 Å². The Bertz CT molecular complexity index is 212. The average molecular weight is 259 g/mol. The second-order valence-electron chi connectivity index (χ2n) is 5.14. The van der Waals surface area contributed by atoms with E-state index in [2.05, 4.69) is 19.2 Å². The van der Waals surface area contributed by atoms with Gasteiger partial charge in [-0.1, -0.05) is 6.92 Å². The molecule has 2 atom stereocenters. The molecule has 1 fully saturated rings. The molecule has 0 amide bonds. The number of methoxy groups -OCH3 is 1. The molecule has 0 spiro atoms. The van der Waals surface area contributed by atoms with E-state index in [0.29, 0.717) is 12.0 Å². The van der Waals surface area contributed by atoms with E-state index in [9.17, 15) is 0 Å². The fraction of sp³-hybridized carbons (Fsp3) is 1.00. The molecule has 4 nitrogen and oxygen atoms in total. The van der Waals surface area contributed by atoms with Gasteiger partial charge < -0.3 is 19.5 Å². The predicted octanol–water partition coefficient (Wildman–Crippen LogP) is 1.83. The molecule has 0 bridgehead atoms. The monoisotopic (exact) mass is 259 g/mol. The topological polar surface area (TPSA) is 39.7 Å². The molecule has 0 aromatic rings. The SMILES string of the molecule is CCOC1(C(NC)C(C)CCOC)CCOCC1. The number of nitrogens with one attached hydrogen (secondary N) is 1. The van der Waals surface area contributed by atoms with Crippen LogP contribution in [0.1, 0.15) is 33.1 Å². The van der Waals surface area contributed by atoms with Crippen LogP contribution in [0.5, 0.6) is 0 Å². The van der Waals surface area contributed by atoms with Gasteiger partial charge in [-0.05, 0) is 26.3 Å². The lowest BCUT2D eigenvalue weighted by atomic mass is 9.78. The zero-order valence-electron chi connectivity index (χ0n) is 12.3. The average Bonchev–Trinajstić information content (AvgIpc) is 2.38. The number of rotatable bonds is 8. The van der Waals surface area contributed by atoms with E-state index in [0.717, 1.165) is 45.7 Å². The summed E-state index contributed by atoms with van der Waals surface area (Å²) >= 11 is 0. The summed E-state index contributed by atoms with van der Waals surface area (Å²) in [7, 11) is 3.79. The largest absolute Gasteiger partial charge is 0.385 e. The minimum absolute atomic E-state index is 0.0745. The first-order chi connectivity index (χ1) is 8.70. The summed E-state index contributed by atoms with van der Waals surface area (Å²) in [5.41, 5.74) is -0.0745. The minimum Gasteiger partial charge on any atom is -0.385 e. The van der Waals surface area contributed by atoms with Gasteiger partial charge in [-0.3, -0.25) is 0 Å².